The minimum Gasteiger partial charge on any atom is -0.466 e. The second-order valence-corrected chi connectivity index (χ2v) is 4.01. The third-order valence-corrected chi connectivity index (χ3v) is 2.43. The van der Waals surface area contributed by atoms with E-state index in [2.05, 4.69) is 10.1 Å². The van der Waals surface area contributed by atoms with Crippen LogP contribution in [0.5, 0.6) is 5.75 Å². The fourth-order valence-corrected chi connectivity index (χ4v) is 1.50. The van der Waals surface area contributed by atoms with E-state index in [1.807, 2.05) is 13.8 Å². The smallest absolute Gasteiger partial charge is 0.218 e. The van der Waals surface area contributed by atoms with Crippen LogP contribution in [0.4, 0.5) is 0 Å². The van der Waals surface area contributed by atoms with Gasteiger partial charge in [-0.25, -0.2) is 9.67 Å². The minimum atomic E-state index is -0.715. The Morgan fingerprint density at radius 3 is 2.37 bits per heavy atom. The normalized spacial score (nSPS) is 13.1. The zero-order valence-electron chi connectivity index (χ0n) is 11.2. The molecule has 0 radical (unpaired) electrons. The van der Waals surface area contributed by atoms with Crippen molar-refractivity contribution in [1.82, 2.24) is 14.8 Å². The molecule has 1 aromatic heterocycles. The van der Waals surface area contributed by atoms with Gasteiger partial charge < -0.3 is 9.84 Å². The summed E-state index contributed by atoms with van der Waals surface area (Å²) in [5, 5.41) is 14.2. The monoisotopic (exact) mass is 283 g/mol. The predicted molar refractivity (Wildman–Crippen MR) is 74.2 cm³/mol. The molecule has 104 valence electrons. The molecule has 1 aromatic carbocycles. The third kappa shape index (κ3) is 4.54. The van der Waals surface area contributed by atoms with Gasteiger partial charge in [0.1, 0.15) is 24.5 Å². The van der Waals surface area contributed by atoms with Crippen LogP contribution in [0.3, 0.4) is 0 Å². The average Bonchev–Trinajstić information content (AvgIpc) is 2.93. The fourth-order valence-electron chi connectivity index (χ4n) is 1.37. The molecule has 0 spiro atoms. The Bertz CT molecular complexity index is 457. The summed E-state index contributed by atoms with van der Waals surface area (Å²) < 4.78 is 7.08. The van der Waals surface area contributed by atoms with Gasteiger partial charge >= 0.3 is 0 Å². The summed E-state index contributed by atoms with van der Waals surface area (Å²) in [4.78, 5) is 3.82. The van der Waals surface area contributed by atoms with Gasteiger partial charge in [0.2, 0.25) is 6.23 Å². The molecular weight excluding hydrogens is 266 g/mol. The van der Waals surface area contributed by atoms with E-state index in [-0.39, 0.29) is 0 Å². The summed E-state index contributed by atoms with van der Waals surface area (Å²) in [6, 6.07) is 6.90. The maximum absolute atomic E-state index is 9.66. The highest BCUT2D eigenvalue weighted by Crippen LogP contribution is 2.21. The number of aliphatic hydroxyl groups is 1. The maximum atomic E-state index is 9.66. The van der Waals surface area contributed by atoms with Crippen LogP contribution in [0.1, 0.15) is 27.0 Å². The van der Waals surface area contributed by atoms with Crippen molar-refractivity contribution in [2.24, 2.45) is 0 Å². The van der Waals surface area contributed by atoms with E-state index in [0.29, 0.717) is 10.8 Å². The summed E-state index contributed by atoms with van der Waals surface area (Å²) in [5.74, 6) is 0.607. The Labute approximate surface area is 117 Å². The number of aliphatic hydroxyl groups excluding tert-OH is 1. The lowest BCUT2D eigenvalue weighted by molar-refractivity contribution is -0.00685. The van der Waals surface area contributed by atoms with Crippen molar-refractivity contribution >= 4 is 11.6 Å². The topological polar surface area (TPSA) is 60.2 Å². The van der Waals surface area contributed by atoms with Gasteiger partial charge in [0, 0.05) is 5.02 Å². The molecule has 1 N–H and O–H groups in total. The van der Waals surface area contributed by atoms with E-state index in [9.17, 15) is 5.11 Å². The summed E-state index contributed by atoms with van der Waals surface area (Å²) in [5.41, 5.74) is 0. The van der Waals surface area contributed by atoms with Crippen LogP contribution in [0, 0.1) is 0 Å². The van der Waals surface area contributed by atoms with Gasteiger partial charge in [0.05, 0.1) is 0 Å². The molecule has 2 atom stereocenters. The molecular formula is C13H18ClN3O2. The van der Waals surface area contributed by atoms with Crippen LogP contribution >= 0.6 is 11.6 Å². The molecule has 2 aromatic rings. The highest BCUT2D eigenvalue weighted by molar-refractivity contribution is 6.30. The average molecular weight is 284 g/mol. The molecule has 0 bridgehead atoms. The van der Waals surface area contributed by atoms with Gasteiger partial charge in [-0.15, -0.1) is 0 Å². The van der Waals surface area contributed by atoms with E-state index >= 15 is 0 Å². The largest absolute Gasteiger partial charge is 0.466 e. The number of nitrogens with zero attached hydrogens (tertiary/aromatic N) is 3. The van der Waals surface area contributed by atoms with Crippen molar-refractivity contribution in [3.63, 3.8) is 0 Å². The van der Waals surface area contributed by atoms with Crippen LogP contribution in [-0.4, -0.2) is 26.0 Å². The van der Waals surface area contributed by atoms with Gasteiger partial charge in [-0.3, -0.25) is 0 Å². The van der Waals surface area contributed by atoms with E-state index in [4.69, 9.17) is 16.3 Å². The molecule has 0 saturated heterocycles. The van der Waals surface area contributed by atoms with Crippen molar-refractivity contribution < 1.29 is 9.84 Å². The number of aromatic nitrogens is 3. The van der Waals surface area contributed by atoms with Crippen LogP contribution in [0.15, 0.2) is 36.9 Å². The SMILES string of the molecule is CC.CC(O)C(Oc1ccc(Cl)cc1)n1cncn1. The first-order valence-electron chi connectivity index (χ1n) is 6.11. The second-order valence-electron chi connectivity index (χ2n) is 3.58. The minimum absolute atomic E-state index is 0.607. The van der Waals surface area contributed by atoms with Gasteiger partial charge in [0.25, 0.3) is 0 Å². The first-order valence-corrected chi connectivity index (χ1v) is 6.49. The Kier molecular flexibility index (Phi) is 6.32. The fraction of sp³-hybridized carbons (Fsp3) is 0.385. The number of hydrogen-bond donors (Lipinski definition) is 1. The van der Waals surface area contributed by atoms with Gasteiger partial charge in [0.15, 0.2) is 0 Å². The first kappa shape index (κ1) is 15.5. The highest BCUT2D eigenvalue weighted by atomic mass is 35.5. The molecule has 19 heavy (non-hydrogen) atoms. The van der Waals surface area contributed by atoms with E-state index in [0.717, 1.165) is 0 Å². The zero-order chi connectivity index (χ0) is 14.3. The maximum Gasteiger partial charge on any atom is 0.218 e. The number of rotatable bonds is 4. The standard InChI is InChI=1S/C11H12ClN3O2.C2H6/c1-8(16)11(15-7-13-6-14-15)17-10-4-2-9(12)3-5-10;1-2/h2-8,11,16H,1H3;1-2H3. The van der Waals surface area contributed by atoms with E-state index < -0.39 is 12.3 Å². The lowest BCUT2D eigenvalue weighted by Gasteiger charge is -2.21. The lowest BCUT2D eigenvalue weighted by atomic mass is 10.3. The molecule has 2 unspecified atom stereocenters. The Balaban J connectivity index is 0.000000861. The second kappa shape index (κ2) is 7.76. The van der Waals surface area contributed by atoms with Crippen molar-refractivity contribution in [1.29, 1.82) is 0 Å². The Morgan fingerprint density at radius 2 is 1.89 bits per heavy atom. The number of benzene rings is 1. The number of halogens is 1. The zero-order valence-corrected chi connectivity index (χ0v) is 11.9. The molecule has 2 rings (SSSR count). The molecule has 0 aliphatic rings. The molecule has 0 aliphatic carbocycles. The highest BCUT2D eigenvalue weighted by Gasteiger charge is 2.19. The van der Waals surface area contributed by atoms with Crippen molar-refractivity contribution in [3.05, 3.63) is 41.9 Å². The molecule has 0 fully saturated rings. The van der Waals surface area contributed by atoms with E-state index in [1.165, 1.54) is 17.3 Å². The van der Waals surface area contributed by atoms with Crippen LogP contribution in [0.2, 0.25) is 5.02 Å². The van der Waals surface area contributed by atoms with Gasteiger partial charge in [-0.1, -0.05) is 25.4 Å². The lowest BCUT2D eigenvalue weighted by Crippen LogP contribution is -2.27. The van der Waals surface area contributed by atoms with Gasteiger partial charge in [-0.05, 0) is 31.2 Å². The summed E-state index contributed by atoms with van der Waals surface area (Å²) in [6.45, 7) is 5.63. The summed E-state index contributed by atoms with van der Waals surface area (Å²) in [6.07, 6.45) is 1.56. The van der Waals surface area contributed by atoms with E-state index in [1.54, 1.807) is 31.2 Å². The first-order chi connectivity index (χ1) is 9.16. The Hall–Kier alpha value is -1.59. The molecule has 5 nitrogen and oxygen atoms in total. The predicted octanol–water partition coefficient (Wildman–Crippen LogP) is 2.92. The molecule has 1 heterocycles. The van der Waals surface area contributed by atoms with Crippen molar-refractivity contribution in [2.45, 2.75) is 33.1 Å². The van der Waals surface area contributed by atoms with Gasteiger partial charge in [-0.2, -0.15) is 5.10 Å². The summed E-state index contributed by atoms with van der Waals surface area (Å²) in [7, 11) is 0. The van der Waals surface area contributed by atoms with Crippen molar-refractivity contribution in [2.75, 3.05) is 0 Å². The quantitative estimate of drug-likeness (QED) is 0.937. The van der Waals surface area contributed by atoms with Crippen LogP contribution in [0.25, 0.3) is 0 Å². The number of hydrogen-bond acceptors (Lipinski definition) is 4. The Morgan fingerprint density at radius 1 is 1.26 bits per heavy atom. The van der Waals surface area contributed by atoms with Crippen LogP contribution < -0.4 is 4.74 Å². The summed E-state index contributed by atoms with van der Waals surface area (Å²) >= 11 is 5.78. The molecule has 0 aliphatic heterocycles. The third-order valence-electron chi connectivity index (χ3n) is 2.18. The van der Waals surface area contributed by atoms with Crippen molar-refractivity contribution in [3.8, 4) is 5.75 Å². The number of ether oxygens (including phenoxy) is 1. The molecule has 6 heteroatoms. The molecule has 0 amide bonds. The molecule has 0 saturated carbocycles. The van der Waals surface area contributed by atoms with Crippen LogP contribution in [-0.2, 0) is 0 Å².